The van der Waals surface area contributed by atoms with Gasteiger partial charge in [0.1, 0.15) is 19.2 Å². The molecule has 3 atom stereocenters. The fraction of sp³-hybridized carbons (Fsp3) is 0.412. The molecule has 0 aliphatic rings. The Morgan fingerprint density at radius 2 is 1.51 bits per heavy atom. The third-order valence-corrected chi connectivity index (χ3v) is 9.78. The van der Waals surface area contributed by atoms with Gasteiger partial charge in [0, 0.05) is 13.1 Å². The third kappa shape index (κ3) is 12.4. The number of nitroso groups, excluding NO2 is 1. The van der Waals surface area contributed by atoms with Gasteiger partial charge in [0.15, 0.2) is 0 Å². The average Bonchev–Trinajstić information content (AvgIpc) is 3.06. The van der Waals surface area contributed by atoms with Crippen LogP contribution in [0.5, 0.6) is 0 Å². The van der Waals surface area contributed by atoms with Gasteiger partial charge in [0.05, 0.1) is 17.0 Å². The van der Waals surface area contributed by atoms with E-state index in [0.717, 1.165) is 11.1 Å². The van der Waals surface area contributed by atoms with Crippen LogP contribution in [0.3, 0.4) is 0 Å². The lowest BCUT2D eigenvalue weighted by atomic mass is 10.00. The molecular weight excluding hydrogens is 641 g/mol. The summed E-state index contributed by atoms with van der Waals surface area (Å²) in [6.07, 6.45) is 0.355. The maximum Gasteiger partial charge on any atom is 0.408 e. The molecule has 0 fully saturated rings. The van der Waals surface area contributed by atoms with E-state index < -0.39 is 40.2 Å². The Kier molecular flexibility index (Phi) is 15.3. The van der Waals surface area contributed by atoms with Gasteiger partial charge in [0.25, 0.3) is 0 Å². The number of nitrogens with one attached hydrogen (secondary N) is 2. The van der Waals surface area contributed by atoms with Crippen molar-refractivity contribution in [3.8, 4) is 0 Å². The first-order valence-corrected chi connectivity index (χ1v) is 18.2. The zero-order valence-electron chi connectivity index (χ0n) is 26.9. The van der Waals surface area contributed by atoms with Crippen molar-refractivity contribution in [1.29, 1.82) is 0 Å². The fourth-order valence-corrected chi connectivity index (χ4v) is 6.94. The topological polar surface area (TPSA) is 154 Å². The highest BCUT2D eigenvalue weighted by atomic mass is 32.2. The molecule has 0 spiro atoms. The van der Waals surface area contributed by atoms with E-state index in [9.17, 15) is 28.0 Å². The second-order valence-electron chi connectivity index (χ2n) is 11.6. The molecule has 0 unspecified atom stereocenters. The second-order valence-corrected chi connectivity index (χ2v) is 14.5. The van der Waals surface area contributed by atoms with Crippen LogP contribution in [0.1, 0.15) is 37.0 Å². The van der Waals surface area contributed by atoms with Gasteiger partial charge >= 0.3 is 6.09 Å². The van der Waals surface area contributed by atoms with Gasteiger partial charge in [-0.25, -0.2) is 13.2 Å². The Bertz CT molecular complexity index is 1510. The van der Waals surface area contributed by atoms with Gasteiger partial charge in [-0.15, -0.1) is 0 Å². The number of alkyl carbamates (subject to hydrolysis) is 1. The number of ether oxygens (including phenoxy) is 1. The highest BCUT2D eigenvalue weighted by Gasteiger charge is 2.33. The number of thioether (sulfide) groups is 1. The summed E-state index contributed by atoms with van der Waals surface area (Å²) in [7, 11) is -4.06. The van der Waals surface area contributed by atoms with E-state index in [4.69, 9.17) is 4.74 Å². The van der Waals surface area contributed by atoms with E-state index in [1.54, 1.807) is 0 Å². The zero-order valence-corrected chi connectivity index (χ0v) is 28.6. The van der Waals surface area contributed by atoms with Crippen molar-refractivity contribution in [1.82, 2.24) is 14.9 Å². The maximum atomic E-state index is 13.8. The molecule has 0 heterocycles. The predicted molar refractivity (Wildman–Crippen MR) is 184 cm³/mol. The molecule has 0 aliphatic heterocycles. The highest BCUT2D eigenvalue weighted by Crippen LogP contribution is 2.20. The molecule has 0 saturated heterocycles. The maximum absolute atomic E-state index is 13.8. The summed E-state index contributed by atoms with van der Waals surface area (Å²) in [5.74, 6) is -0.0153. The van der Waals surface area contributed by atoms with Gasteiger partial charge < -0.3 is 20.5 Å². The number of aliphatic hydroxyl groups excluding tert-OH is 1. The minimum atomic E-state index is -4.06. The number of aliphatic hydroxyl groups is 1. The van der Waals surface area contributed by atoms with Crippen molar-refractivity contribution in [2.45, 2.75) is 62.9 Å². The Hall–Kier alpha value is -3.78. The van der Waals surface area contributed by atoms with Crippen LogP contribution in [-0.2, 0) is 39.1 Å². The molecule has 3 aromatic rings. The number of sulfonamides is 1. The number of nitrogens with zero attached hydrogens (tertiary/aromatic N) is 2. The van der Waals surface area contributed by atoms with E-state index >= 15 is 0 Å². The Labute approximate surface area is 281 Å². The molecule has 0 bridgehead atoms. The number of amides is 2. The number of rotatable bonds is 19. The van der Waals surface area contributed by atoms with Crippen molar-refractivity contribution in [2.24, 2.45) is 11.1 Å². The molecule has 3 rings (SSSR count). The molecule has 0 radical (unpaired) electrons. The van der Waals surface area contributed by atoms with Crippen molar-refractivity contribution in [3.05, 3.63) is 107 Å². The third-order valence-electron chi connectivity index (χ3n) is 7.29. The van der Waals surface area contributed by atoms with E-state index in [0.29, 0.717) is 17.7 Å². The van der Waals surface area contributed by atoms with Crippen molar-refractivity contribution >= 4 is 33.8 Å². The Morgan fingerprint density at radius 3 is 2.09 bits per heavy atom. The smallest absolute Gasteiger partial charge is 0.408 e. The summed E-state index contributed by atoms with van der Waals surface area (Å²) >= 11 is 1.52. The fourth-order valence-electron chi connectivity index (χ4n) is 4.85. The lowest BCUT2D eigenvalue weighted by molar-refractivity contribution is -0.124. The number of hydrogen-bond donors (Lipinski definition) is 3. The monoisotopic (exact) mass is 684 g/mol. The van der Waals surface area contributed by atoms with Crippen LogP contribution in [0.4, 0.5) is 4.79 Å². The van der Waals surface area contributed by atoms with Crippen LogP contribution < -0.4 is 10.6 Å². The van der Waals surface area contributed by atoms with Crippen LogP contribution in [-0.4, -0.2) is 73.1 Å². The molecule has 3 N–H and O–H groups in total. The molecule has 3 aromatic carbocycles. The summed E-state index contributed by atoms with van der Waals surface area (Å²) < 4.78 is 34.1. The van der Waals surface area contributed by atoms with E-state index in [1.807, 2.05) is 80.8 Å². The molecule has 0 saturated carbocycles. The second kappa shape index (κ2) is 19.1. The van der Waals surface area contributed by atoms with E-state index in [2.05, 4.69) is 15.8 Å². The first-order chi connectivity index (χ1) is 22.5. The molecule has 0 aliphatic carbocycles. The highest BCUT2D eigenvalue weighted by molar-refractivity contribution is 7.98. The number of hydrogen-bond acceptors (Lipinski definition) is 9. The molecular formula is C34H44N4O7S2. The van der Waals surface area contributed by atoms with Crippen LogP contribution >= 0.6 is 11.8 Å². The van der Waals surface area contributed by atoms with Crippen LogP contribution in [0.2, 0.25) is 0 Å². The number of benzene rings is 3. The minimum absolute atomic E-state index is 0.0130. The normalized spacial score (nSPS) is 13.5. The van der Waals surface area contributed by atoms with Gasteiger partial charge in [-0.3, -0.25) is 4.79 Å². The van der Waals surface area contributed by atoms with E-state index in [1.165, 1.54) is 40.3 Å². The summed E-state index contributed by atoms with van der Waals surface area (Å²) in [5.41, 5.74) is 2.20. The average molecular weight is 685 g/mol. The summed E-state index contributed by atoms with van der Waals surface area (Å²) in [6, 6.07) is 22.5. The predicted octanol–water partition coefficient (Wildman–Crippen LogP) is 4.74. The molecule has 47 heavy (non-hydrogen) atoms. The SMILES string of the molecule is CSCC[C@H](NC(=O)OCc1ccccc1)C(=O)N[C@@H](Cc1ccccc1)[C@H](O)CN(CC(C)C)S(=O)(=O)c1ccc(CN=O)cc1. The standard InChI is InChI=1S/C34H44N4O7S2/c1-25(2)22-38(47(43,44)29-16-14-27(15-17-29)21-35-42)23-32(39)31(20-26-10-6-4-7-11-26)36-33(40)30(18-19-46-3)37-34(41)45-24-28-12-8-5-9-13-28/h4-17,25,30-32,39H,18-24H2,1-3H3,(H,36,40)(H,37,41)/t30-,31-,32+/m0/s1. The van der Waals surface area contributed by atoms with Crippen molar-refractivity contribution < 1.29 is 27.9 Å². The Balaban J connectivity index is 1.82. The lowest BCUT2D eigenvalue weighted by Gasteiger charge is -2.31. The largest absolute Gasteiger partial charge is 0.445 e. The molecule has 0 aromatic heterocycles. The number of carbonyl (C=O) groups excluding carboxylic acids is 2. The first kappa shape index (κ1) is 37.7. The van der Waals surface area contributed by atoms with Crippen LogP contribution in [0.15, 0.2) is 95.0 Å². The molecule has 254 valence electrons. The quantitative estimate of drug-likeness (QED) is 0.153. The van der Waals surface area contributed by atoms with Gasteiger partial charge in [-0.05, 0) is 59.6 Å². The van der Waals surface area contributed by atoms with Gasteiger partial charge in [-0.2, -0.15) is 21.0 Å². The van der Waals surface area contributed by atoms with E-state index in [-0.39, 0.29) is 43.5 Å². The summed E-state index contributed by atoms with van der Waals surface area (Å²) in [5, 5.41) is 20.0. The summed E-state index contributed by atoms with van der Waals surface area (Å²) in [4.78, 5) is 37.0. The zero-order chi connectivity index (χ0) is 34.2. The summed E-state index contributed by atoms with van der Waals surface area (Å²) in [6.45, 7) is 3.53. The minimum Gasteiger partial charge on any atom is -0.445 e. The van der Waals surface area contributed by atoms with Gasteiger partial charge in [-0.1, -0.05) is 91.8 Å². The molecule has 11 nitrogen and oxygen atoms in total. The Morgan fingerprint density at radius 1 is 0.894 bits per heavy atom. The van der Waals surface area contributed by atoms with Crippen LogP contribution in [0.25, 0.3) is 0 Å². The van der Waals surface area contributed by atoms with Crippen molar-refractivity contribution in [2.75, 3.05) is 25.1 Å². The molecule has 13 heteroatoms. The lowest BCUT2D eigenvalue weighted by Crippen LogP contribution is -2.55. The van der Waals surface area contributed by atoms with Crippen LogP contribution in [0, 0.1) is 10.8 Å². The van der Waals surface area contributed by atoms with Crippen molar-refractivity contribution in [3.63, 3.8) is 0 Å². The first-order valence-electron chi connectivity index (χ1n) is 15.4. The molecule has 2 amide bonds. The number of carbonyl (C=O) groups is 2. The van der Waals surface area contributed by atoms with Gasteiger partial charge in [0.2, 0.25) is 15.9 Å².